The summed E-state index contributed by atoms with van der Waals surface area (Å²) in [4.78, 5) is 6.94. The van der Waals surface area contributed by atoms with Gasteiger partial charge in [0.1, 0.15) is 0 Å². The molecule has 0 aromatic heterocycles. The molecule has 0 bridgehead atoms. The number of guanidine groups is 1. The van der Waals surface area contributed by atoms with E-state index in [9.17, 15) is 0 Å². The summed E-state index contributed by atoms with van der Waals surface area (Å²) in [5.74, 6) is 0.848. The molecule has 1 aliphatic heterocycles. The van der Waals surface area contributed by atoms with Crippen LogP contribution in [0.2, 0.25) is 0 Å². The molecule has 27 heavy (non-hydrogen) atoms. The lowest BCUT2D eigenvalue weighted by Gasteiger charge is -2.29. The maximum Gasteiger partial charge on any atom is 0.191 e. The summed E-state index contributed by atoms with van der Waals surface area (Å²) in [7, 11) is 2.12. The van der Waals surface area contributed by atoms with Crippen molar-refractivity contribution >= 4 is 29.9 Å². The average Bonchev–Trinajstić information content (AvgIpc) is 2.66. The van der Waals surface area contributed by atoms with E-state index in [1.54, 1.807) is 0 Å². The van der Waals surface area contributed by atoms with Crippen LogP contribution in [0.15, 0.2) is 35.3 Å². The molecule has 1 saturated heterocycles. The second kappa shape index (κ2) is 14.1. The molecule has 1 aliphatic rings. The molecule has 2 unspecified atom stereocenters. The van der Waals surface area contributed by atoms with Crippen LogP contribution in [0.1, 0.15) is 31.9 Å². The topological polar surface area (TPSA) is 58.1 Å². The van der Waals surface area contributed by atoms with Crippen LogP contribution >= 0.6 is 24.0 Å². The molecule has 0 aliphatic carbocycles. The van der Waals surface area contributed by atoms with E-state index in [1.165, 1.54) is 5.56 Å². The minimum Gasteiger partial charge on any atom is -0.374 e. The van der Waals surface area contributed by atoms with Crippen molar-refractivity contribution in [2.45, 2.75) is 32.5 Å². The summed E-state index contributed by atoms with van der Waals surface area (Å²) in [5.41, 5.74) is 1.22. The number of nitrogens with one attached hydrogen (secondary N) is 2. The quantitative estimate of drug-likeness (QED) is 0.241. The lowest BCUT2D eigenvalue weighted by Crippen LogP contribution is -2.43. The highest BCUT2D eigenvalue weighted by Gasteiger charge is 2.17. The molecule has 154 valence electrons. The van der Waals surface area contributed by atoms with Gasteiger partial charge in [0.15, 0.2) is 5.96 Å². The average molecular weight is 490 g/mol. The summed E-state index contributed by atoms with van der Waals surface area (Å²) in [6.07, 6.45) is 1.24. The van der Waals surface area contributed by atoms with E-state index in [4.69, 9.17) is 9.47 Å². The molecule has 0 spiro atoms. The molecule has 7 heteroatoms. The smallest absolute Gasteiger partial charge is 0.191 e. The van der Waals surface area contributed by atoms with Crippen LogP contribution in [0.25, 0.3) is 0 Å². The van der Waals surface area contributed by atoms with Crippen molar-refractivity contribution in [2.24, 2.45) is 4.99 Å². The Morgan fingerprint density at radius 1 is 1.33 bits per heavy atom. The number of morpholine rings is 1. The molecular weight excluding hydrogens is 455 g/mol. The van der Waals surface area contributed by atoms with Crippen molar-refractivity contribution in [1.82, 2.24) is 15.5 Å². The third-order valence-corrected chi connectivity index (χ3v) is 4.39. The molecule has 6 nitrogen and oxygen atoms in total. The Balaban J connectivity index is 0.00000364. The Labute approximate surface area is 181 Å². The lowest BCUT2D eigenvalue weighted by atomic mass is 10.1. The number of likely N-dealkylation sites (N-methyl/N-ethyl adjacent to an activating group) is 1. The van der Waals surface area contributed by atoms with Gasteiger partial charge in [-0.3, -0.25) is 4.99 Å². The van der Waals surface area contributed by atoms with Gasteiger partial charge < -0.3 is 25.0 Å². The van der Waals surface area contributed by atoms with Crippen LogP contribution in [-0.2, 0) is 9.47 Å². The molecule has 1 heterocycles. The van der Waals surface area contributed by atoms with E-state index in [0.717, 1.165) is 51.8 Å². The van der Waals surface area contributed by atoms with E-state index in [2.05, 4.69) is 53.6 Å². The molecule has 1 aromatic carbocycles. The summed E-state index contributed by atoms with van der Waals surface area (Å²) in [6.45, 7) is 9.98. The van der Waals surface area contributed by atoms with Gasteiger partial charge in [-0.1, -0.05) is 30.3 Å². The second-order valence-electron chi connectivity index (χ2n) is 6.68. The monoisotopic (exact) mass is 490 g/mol. The Bertz CT molecular complexity index is 530. The molecule has 2 atom stereocenters. The van der Waals surface area contributed by atoms with Gasteiger partial charge in [0.05, 0.1) is 25.4 Å². The first kappa shape index (κ1) is 24.1. The number of nitrogens with zero attached hydrogens (tertiary/aromatic N) is 2. The van der Waals surface area contributed by atoms with E-state index in [0.29, 0.717) is 6.54 Å². The number of benzene rings is 1. The molecule has 2 rings (SSSR count). The Kier molecular flexibility index (Phi) is 12.6. The molecule has 1 aromatic rings. The predicted molar refractivity (Wildman–Crippen MR) is 122 cm³/mol. The van der Waals surface area contributed by atoms with Crippen molar-refractivity contribution in [1.29, 1.82) is 0 Å². The van der Waals surface area contributed by atoms with Crippen molar-refractivity contribution in [3.05, 3.63) is 35.9 Å². The van der Waals surface area contributed by atoms with Gasteiger partial charge in [-0.05, 0) is 32.9 Å². The van der Waals surface area contributed by atoms with Gasteiger partial charge >= 0.3 is 0 Å². The van der Waals surface area contributed by atoms with Crippen LogP contribution in [-0.4, -0.2) is 69.9 Å². The Hall–Kier alpha value is -0.900. The first-order chi connectivity index (χ1) is 12.7. The summed E-state index contributed by atoms with van der Waals surface area (Å²) >= 11 is 0. The maximum atomic E-state index is 5.91. The number of hydrogen-bond donors (Lipinski definition) is 2. The van der Waals surface area contributed by atoms with Crippen LogP contribution in [0, 0.1) is 0 Å². The fourth-order valence-corrected chi connectivity index (χ4v) is 2.87. The van der Waals surface area contributed by atoms with Crippen molar-refractivity contribution in [2.75, 3.05) is 53.0 Å². The number of rotatable bonds is 9. The SMILES string of the molecule is CCNC(=NCC1CN(C)CCO1)NCCCOC(C)c1ccccc1.I. The fraction of sp³-hybridized carbons (Fsp3) is 0.650. The maximum absolute atomic E-state index is 5.91. The highest BCUT2D eigenvalue weighted by molar-refractivity contribution is 14.0. The van der Waals surface area contributed by atoms with Crippen molar-refractivity contribution in [3.63, 3.8) is 0 Å². The number of halogens is 1. The molecule has 0 saturated carbocycles. The minimum atomic E-state index is 0. The summed E-state index contributed by atoms with van der Waals surface area (Å²) in [6, 6.07) is 10.3. The van der Waals surface area contributed by atoms with Crippen LogP contribution in [0.3, 0.4) is 0 Å². The van der Waals surface area contributed by atoms with Gasteiger partial charge in [-0.2, -0.15) is 0 Å². The van der Waals surface area contributed by atoms with E-state index in [1.807, 2.05) is 18.2 Å². The molecule has 0 amide bonds. The second-order valence-corrected chi connectivity index (χ2v) is 6.68. The van der Waals surface area contributed by atoms with Crippen molar-refractivity contribution in [3.8, 4) is 0 Å². The van der Waals surface area contributed by atoms with E-state index in [-0.39, 0.29) is 36.2 Å². The molecule has 1 fully saturated rings. The summed E-state index contributed by atoms with van der Waals surface area (Å²) < 4.78 is 11.7. The normalized spacial score (nSPS) is 19.2. The third-order valence-electron chi connectivity index (χ3n) is 4.39. The van der Waals surface area contributed by atoms with Crippen molar-refractivity contribution < 1.29 is 9.47 Å². The molecular formula is C20H35IN4O2. The predicted octanol–water partition coefficient (Wildman–Crippen LogP) is 2.66. The first-order valence-electron chi connectivity index (χ1n) is 9.68. The zero-order chi connectivity index (χ0) is 18.6. The molecule has 2 N–H and O–H groups in total. The summed E-state index contributed by atoms with van der Waals surface area (Å²) in [5, 5.41) is 6.66. The molecule has 0 radical (unpaired) electrons. The van der Waals surface area contributed by atoms with Crippen LogP contribution in [0.5, 0.6) is 0 Å². The largest absolute Gasteiger partial charge is 0.374 e. The fourth-order valence-electron chi connectivity index (χ4n) is 2.87. The van der Waals surface area contributed by atoms with Gasteiger partial charge in [0.2, 0.25) is 0 Å². The standard InChI is InChI=1S/C20H34N4O2.HI/c1-4-21-20(23-15-19-16-24(3)12-14-26-19)22-11-8-13-25-17(2)18-9-6-5-7-10-18;/h5-7,9-10,17,19H,4,8,11-16H2,1-3H3,(H2,21,22,23);1H. The number of aliphatic imine (C=N–C) groups is 1. The number of ether oxygens (including phenoxy) is 2. The zero-order valence-electron chi connectivity index (χ0n) is 16.8. The van der Waals surface area contributed by atoms with Gasteiger partial charge in [-0.25, -0.2) is 0 Å². The third kappa shape index (κ3) is 9.73. The lowest BCUT2D eigenvalue weighted by molar-refractivity contribution is -0.0136. The first-order valence-corrected chi connectivity index (χ1v) is 9.68. The van der Waals surface area contributed by atoms with E-state index < -0.39 is 0 Å². The number of hydrogen-bond acceptors (Lipinski definition) is 4. The zero-order valence-corrected chi connectivity index (χ0v) is 19.1. The van der Waals surface area contributed by atoms with E-state index >= 15 is 0 Å². The van der Waals surface area contributed by atoms with Gasteiger partial charge in [0.25, 0.3) is 0 Å². The van der Waals surface area contributed by atoms with Gasteiger partial charge in [0, 0.05) is 32.8 Å². The highest BCUT2D eigenvalue weighted by Crippen LogP contribution is 2.15. The van der Waals surface area contributed by atoms with Crippen LogP contribution < -0.4 is 10.6 Å². The van der Waals surface area contributed by atoms with Gasteiger partial charge in [-0.15, -0.1) is 24.0 Å². The Morgan fingerprint density at radius 3 is 2.81 bits per heavy atom. The minimum absolute atomic E-state index is 0. The Morgan fingerprint density at radius 2 is 2.11 bits per heavy atom. The highest BCUT2D eigenvalue weighted by atomic mass is 127. The van der Waals surface area contributed by atoms with Crippen LogP contribution in [0.4, 0.5) is 0 Å².